The van der Waals surface area contributed by atoms with E-state index in [1.807, 2.05) is 24.0 Å². The molecule has 4 nitrogen and oxygen atoms in total. The van der Waals surface area contributed by atoms with Crippen molar-refractivity contribution in [3.05, 3.63) is 89.5 Å². The molecule has 3 aromatic carbocycles. The third-order valence-corrected chi connectivity index (χ3v) is 7.33. The minimum Gasteiger partial charge on any atom is -0.332 e. The van der Waals surface area contributed by atoms with E-state index in [2.05, 4.69) is 79.5 Å². The SMILES string of the molecule is Cc1ccc(-c2nc(SC(C)C(=O)N3CCCc4ccccc43)[nH]c2-c2ccc(C)cc2)cc1. The van der Waals surface area contributed by atoms with Gasteiger partial charge in [0.1, 0.15) is 0 Å². The molecular formula is C29H29N3OS. The number of fused-ring (bicyclic) bond motifs is 1. The lowest BCUT2D eigenvalue weighted by Gasteiger charge is -2.31. The molecule has 1 aromatic heterocycles. The topological polar surface area (TPSA) is 49.0 Å². The number of hydrogen-bond acceptors (Lipinski definition) is 3. The summed E-state index contributed by atoms with van der Waals surface area (Å²) in [5.74, 6) is 0.127. The van der Waals surface area contributed by atoms with Gasteiger partial charge in [-0.1, -0.05) is 89.6 Å². The Hall–Kier alpha value is -3.31. The van der Waals surface area contributed by atoms with E-state index in [-0.39, 0.29) is 11.2 Å². The molecule has 0 saturated carbocycles. The van der Waals surface area contributed by atoms with E-state index in [1.165, 1.54) is 28.5 Å². The highest BCUT2D eigenvalue weighted by atomic mass is 32.2. The third-order valence-electron chi connectivity index (χ3n) is 6.36. The first-order chi connectivity index (χ1) is 16.5. The zero-order chi connectivity index (χ0) is 23.7. The molecule has 1 unspecified atom stereocenters. The van der Waals surface area contributed by atoms with Gasteiger partial charge in [0, 0.05) is 23.4 Å². The maximum atomic E-state index is 13.4. The average molecular weight is 468 g/mol. The Morgan fingerprint density at radius 2 is 1.59 bits per heavy atom. The summed E-state index contributed by atoms with van der Waals surface area (Å²) in [6.07, 6.45) is 2.02. The van der Waals surface area contributed by atoms with E-state index in [9.17, 15) is 4.79 Å². The van der Waals surface area contributed by atoms with Crippen LogP contribution < -0.4 is 4.90 Å². The lowest BCUT2D eigenvalue weighted by atomic mass is 10.0. The van der Waals surface area contributed by atoms with Crippen LogP contribution in [0.2, 0.25) is 0 Å². The van der Waals surface area contributed by atoms with Crippen LogP contribution in [0.1, 0.15) is 30.0 Å². The van der Waals surface area contributed by atoms with Gasteiger partial charge < -0.3 is 9.88 Å². The Bertz CT molecular complexity index is 1250. The standard InChI is InChI=1S/C29H29N3OS/c1-19-10-14-23(15-11-19)26-27(24-16-12-20(2)13-17-24)31-29(30-26)34-21(3)28(33)32-18-6-8-22-7-4-5-9-25(22)32/h4-5,7,9-17,21H,6,8,18H2,1-3H3,(H,30,31). The minimum atomic E-state index is -0.256. The first-order valence-electron chi connectivity index (χ1n) is 11.8. The molecule has 0 fully saturated rings. The van der Waals surface area contributed by atoms with Crippen LogP contribution in [-0.2, 0) is 11.2 Å². The van der Waals surface area contributed by atoms with Crippen LogP contribution in [0.3, 0.4) is 0 Å². The number of nitrogens with zero attached hydrogens (tertiary/aromatic N) is 2. The highest BCUT2D eigenvalue weighted by Crippen LogP contribution is 2.35. The number of aryl methyl sites for hydroxylation is 3. The summed E-state index contributed by atoms with van der Waals surface area (Å²) in [5.41, 5.74) is 8.77. The Balaban J connectivity index is 1.45. The fourth-order valence-corrected chi connectivity index (χ4v) is 5.32. The van der Waals surface area contributed by atoms with Gasteiger partial charge in [-0.3, -0.25) is 4.79 Å². The van der Waals surface area contributed by atoms with Crippen LogP contribution in [0.5, 0.6) is 0 Å². The number of hydrogen-bond donors (Lipinski definition) is 1. The van der Waals surface area contributed by atoms with Gasteiger partial charge in [-0.15, -0.1) is 0 Å². The Morgan fingerprint density at radius 1 is 0.941 bits per heavy atom. The highest BCUT2D eigenvalue weighted by Gasteiger charge is 2.28. The molecule has 0 aliphatic carbocycles. The number of para-hydroxylation sites is 1. The van der Waals surface area contributed by atoms with E-state index in [0.717, 1.165) is 52.7 Å². The molecule has 0 saturated heterocycles. The van der Waals surface area contributed by atoms with Crippen LogP contribution in [0.4, 0.5) is 5.69 Å². The number of carbonyl (C=O) groups is 1. The van der Waals surface area contributed by atoms with Crippen LogP contribution in [0.15, 0.2) is 78.0 Å². The summed E-state index contributed by atoms with van der Waals surface area (Å²) in [6.45, 7) is 6.92. The Kier molecular flexibility index (Phi) is 6.29. The summed E-state index contributed by atoms with van der Waals surface area (Å²) in [5, 5.41) is 0.506. The predicted molar refractivity (Wildman–Crippen MR) is 141 cm³/mol. The van der Waals surface area contributed by atoms with Crippen molar-refractivity contribution in [2.24, 2.45) is 0 Å². The highest BCUT2D eigenvalue weighted by molar-refractivity contribution is 8.00. The van der Waals surface area contributed by atoms with E-state index in [0.29, 0.717) is 0 Å². The van der Waals surface area contributed by atoms with Gasteiger partial charge in [0.15, 0.2) is 5.16 Å². The van der Waals surface area contributed by atoms with E-state index >= 15 is 0 Å². The number of aromatic amines is 1. The summed E-state index contributed by atoms with van der Waals surface area (Å²) in [6, 6.07) is 25.1. The molecule has 172 valence electrons. The second kappa shape index (κ2) is 9.51. The van der Waals surface area contributed by atoms with Gasteiger partial charge in [0.2, 0.25) is 5.91 Å². The zero-order valence-electron chi connectivity index (χ0n) is 19.8. The van der Waals surface area contributed by atoms with Crippen molar-refractivity contribution >= 4 is 23.4 Å². The summed E-state index contributed by atoms with van der Waals surface area (Å²) >= 11 is 1.49. The maximum Gasteiger partial charge on any atom is 0.240 e. The fourth-order valence-electron chi connectivity index (χ4n) is 4.46. The predicted octanol–water partition coefficient (Wildman–Crippen LogP) is 6.82. The van der Waals surface area contributed by atoms with Crippen molar-refractivity contribution in [1.82, 2.24) is 9.97 Å². The van der Waals surface area contributed by atoms with Gasteiger partial charge in [0.05, 0.1) is 16.6 Å². The van der Waals surface area contributed by atoms with Gasteiger partial charge in [0.25, 0.3) is 0 Å². The first kappa shape index (κ1) is 22.5. The van der Waals surface area contributed by atoms with Crippen molar-refractivity contribution in [2.45, 2.75) is 44.0 Å². The lowest BCUT2D eigenvalue weighted by Crippen LogP contribution is -2.40. The van der Waals surface area contributed by atoms with Crippen molar-refractivity contribution in [3.8, 4) is 22.5 Å². The molecule has 4 aromatic rings. The maximum absolute atomic E-state index is 13.4. The molecular weight excluding hydrogens is 438 g/mol. The number of amides is 1. The number of benzene rings is 3. The number of thioether (sulfide) groups is 1. The Morgan fingerprint density at radius 3 is 2.29 bits per heavy atom. The number of carbonyl (C=O) groups excluding carboxylic acids is 1. The molecule has 0 spiro atoms. The quantitative estimate of drug-likeness (QED) is 0.328. The second-order valence-corrected chi connectivity index (χ2v) is 10.3. The van der Waals surface area contributed by atoms with Gasteiger partial charge in [-0.25, -0.2) is 4.98 Å². The average Bonchev–Trinajstić information content (AvgIpc) is 3.27. The van der Waals surface area contributed by atoms with Gasteiger partial charge >= 0.3 is 0 Å². The van der Waals surface area contributed by atoms with Crippen LogP contribution >= 0.6 is 11.8 Å². The van der Waals surface area contributed by atoms with Gasteiger partial charge in [-0.05, 0) is 45.2 Å². The number of anilines is 1. The van der Waals surface area contributed by atoms with Crippen molar-refractivity contribution in [2.75, 3.05) is 11.4 Å². The molecule has 0 radical (unpaired) electrons. The molecule has 5 rings (SSSR count). The molecule has 0 bridgehead atoms. The number of imidazole rings is 1. The molecule has 34 heavy (non-hydrogen) atoms. The minimum absolute atomic E-state index is 0.127. The third kappa shape index (κ3) is 4.53. The van der Waals surface area contributed by atoms with Crippen molar-refractivity contribution < 1.29 is 4.79 Å². The lowest BCUT2D eigenvalue weighted by molar-refractivity contribution is -0.117. The zero-order valence-corrected chi connectivity index (χ0v) is 20.7. The molecule has 1 aliphatic heterocycles. The van der Waals surface area contributed by atoms with Crippen molar-refractivity contribution in [1.29, 1.82) is 0 Å². The van der Waals surface area contributed by atoms with Crippen LogP contribution in [-0.4, -0.2) is 27.7 Å². The molecule has 1 atom stereocenters. The number of aromatic nitrogens is 2. The van der Waals surface area contributed by atoms with E-state index in [4.69, 9.17) is 4.98 Å². The fraction of sp³-hybridized carbons (Fsp3) is 0.241. The van der Waals surface area contributed by atoms with Crippen LogP contribution in [0.25, 0.3) is 22.5 Å². The normalized spacial score (nSPS) is 14.0. The van der Waals surface area contributed by atoms with Crippen LogP contribution in [0, 0.1) is 13.8 Å². The monoisotopic (exact) mass is 467 g/mol. The molecule has 1 N–H and O–H groups in total. The van der Waals surface area contributed by atoms with Gasteiger partial charge in [-0.2, -0.15) is 0 Å². The smallest absolute Gasteiger partial charge is 0.240 e. The first-order valence-corrected chi connectivity index (χ1v) is 12.7. The molecule has 2 heterocycles. The number of nitrogens with one attached hydrogen (secondary N) is 1. The summed E-state index contributed by atoms with van der Waals surface area (Å²) in [4.78, 5) is 23.9. The number of H-pyrrole nitrogens is 1. The van der Waals surface area contributed by atoms with E-state index < -0.39 is 0 Å². The molecule has 5 heteroatoms. The van der Waals surface area contributed by atoms with E-state index in [1.54, 1.807) is 0 Å². The van der Waals surface area contributed by atoms with Crippen molar-refractivity contribution in [3.63, 3.8) is 0 Å². The molecule has 1 amide bonds. The Labute approximate surface area is 205 Å². The summed E-state index contributed by atoms with van der Waals surface area (Å²) < 4.78 is 0. The molecule has 1 aliphatic rings. The second-order valence-electron chi connectivity index (χ2n) is 8.98. The summed E-state index contributed by atoms with van der Waals surface area (Å²) in [7, 11) is 0. The largest absolute Gasteiger partial charge is 0.332 e. The number of rotatable bonds is 5.